The molecule has 1 aliphatic heterocycles. The van der Waals surface area contributed by atoms with E-state index in [2.05, 4.69) is 30.8 Å². The zero-order valence-corrected chi connectivity index (χ0v) is 14.7. The predicted molar refractivity (Wildman–Crippen MR) is 95.8 cm³/mol. The fraction of sp³-hybridized carbons (Fsp3) is 0.562. The van der Waals surface area contributed by atoms with Crippen LogP contribution in [0.15, 0.2) is 18.3 Å². The van der Waals surface area contributed by atoms with Gasteiger partial charge in [-0.3, -0.25) is 5.10 Å². The van der Waals surface area contributed by atoms with Gasteiger partial charge in [-0.25, -0.2) is 4.98 Å². The van der Waals surface area contributed by atoms with Crippen molar-refractivity contribution in [2.45, 2.75) is 37.6 Å². The lowest BCUT2D eigenvalue weighted by atomic mass is 10.2. The summed E-state index contributed by atoms with van der Waals surface area (Å²) in [6, 6.07) is 4.18. The maximum absolute atomic E-state index is 12.1. The molecule has 8 heteroatoms. The fourth-order valence-electron chi connectivity index (χ4n) is 3.07. The normalized spacial score (nSPS) is 27.0. The second-order valence-corrected chi connectivity index (χ2v) is 10.5. The van der Waals surface area contributed by atoms with Gasteiger partial charge in [0.1, 0.15) is 5.82 Å². The quantitative estimate of drug-likeness (QED) is 0.718. The highest BCUT2D eigenvalue weighted by Gasteiger charge is 2.26. The van der Waals surface area contributed by atoms with Gasteiger partial charge >= 0.3 is 0 Å². The molecule has 2 fully saturated rings. The van der Waals surface area contributed by atoms with Gasteiger partial charge in [-0.05, 0) is 38.4 Å². The zero-order chi connectivity index (χ0) is 16.6. The van der Waals surface area contributed by atoms with Gasteiger partial charge in [-0.1, -0.05) is 0 Å². The molecule has 24 heavy (non-hydrogen) atoms. The van der Waals surface area contributed by atoms with Gasteiger partial charge in [0.2, 0.25) is 5.95 Å². The standard InChI is InChI=1S/C16H23N6OP/c1-24(23)8-5-12(6-9-24)18-16-17-7-4-14(20-16)19-15-10-13(21-22-15)11-2-3-11/h4,7,10-12H,2-3,5-6,8-9H2,1H3,(H3,17,18,19,20,21,22). The SMILES string of the molecule is CP1(=O)CCC(Nc2nccc(Nc3cc(C4CC4)[nH]n3)n2)CC1. The van der Waals surface area contributed by atoms with Crippen LogP contribution in [-0.4, -0.2) is 45.2 Å². The van der Waals surface area contributed by atoms with Gasteiger partial charge in [0.05, 0.1) is 7.14 Å². The van der Waals surface area contributed by atoms with Crippen LogP contribution in [0.5, 0.6) is 0 Å². The van der Waals surface area contributed by atoms with E-state index in [1.807, 2.05) is 18.8 Å². The average molecular weight is 346 g/mol. The largest absolute Gasteiger partial charge is 0.351 e. The molecule has 0 aromatic carbocycles. The number of nitrogens with zero attached hydrogens (tertiary/aromatic N) is 3. The van der Waals surface area contributed by atoms with E-state index in [-0.39, 0.29) is 0 Å². The maximum Gasteiger partial charge on any atom is 0.224 e. The van der Waals surface area contributed by atoms with Gasteiger partial charge in [0.15, 0.2) is 5.82 Å². The molecule has 3 heterocycles. The summed E-state index contributed by atoms with van der Waals surface area (Å²) in [7, 11) is -1.89. The third-order valence-corrected chi connectivity index (χ3v) is 7.17. The third-order valence-electron chi connectivity index (χ3n) is 4.76. The molecule has 3 N–H and O–H groups in total. The first kappa shape index (κ1) is 15.6. The highest BCUT2D eigenvalue weighted by atomic mass is 31.2. The summed E-state index contributed by atoms with van der Waals surface area (Å²) in [5, 5.41) is 14.0. The van der Waals surface area contributed by atoms with Crippen molar-refractivity contribution in [1.29, 1.82) is 0 Å². The lowest BCUT2D eigenvalue weighted by Crippen LogP contribution is -2.27. The molecule has 0 bridgehead atoms. The van der Waals surface area contributed by atoms with Gasteiger partial charge in [0, 0.05) is 42.2 Å². The number of nitrogens with one attached hydrogen (secondary N) is 3. The van der Waals surface area contributed by atoms with E-state index in [1.165, 1.54) is 18.5 Å². The Hall–Kier alpha value is -1.88. The molecule has 0 spiro atoms. The zero-order valence-electron chi connectivity index (χ0n) is 13.8. The highest BCUT2D eigenvalue weighted by molar-refractivity contribution is 7.63. The Morgan fingerprint density at radius 3 is 2.75 bits per heavy atom. The van der Waals surface area contributed by atoms with Crippen LogP contribution in [0.2, 0.25) is 0 Å². The second-order valence-electron chi connectivity index (χ2n) is 7.04. The Morgan fingerprint density at radius 1 is 1.21 bits per heavy atom. The van der Waals surface area contributed by atoms with Crippen LogP contribution in [0.25, 0.3) is 0 Å². The van der Waals surface area contributed by atoms with E-state index in [1.54, 1.807) is 6.20 Å². The van der Waals surface area contributed by atoms with E-state index < -0.39 is 7.14 Å². The molecule has 0 amide bonds. The van der Waals surface area contributed by atoms with Crippen LogP contribution in [0.1, 0.15) is 37.3 Å². The molecule has 2 aliphatic rings. The van der Waals surface area contributed by atoms with Crippen LogP contribution in [0, 0.1) is 0 Å². The number of anilines is 3. The van der Waals surface area contributed by atoms with Crippen LogP contribution in [0.4, 0.5) is 17.6 Å². The van der Waals surface area contributed by atoms with E-state index in [0.717, 1.165) is 36.8 Å². The fourth-order valence-corrected chi connectivity index (χ4v) is 5.01. The van der Waals surface area contributed by atoms with Gasteiger partial charge in [-0.2, -0.15) is 10.1 Å². The summed E-state index contributed by atoms with van der Waals surface area (Å²) in [5.41, 5.74) is 1.19. The van der Waals surface area contributed by atoms with Crippen LogP contribution in [-0.2, 0) is 4.57 Å². The third kappa shape index (κ3) is 3.78. The maximum atomic E-state index is 12.1. The van der Waals surface area contributed by atoms with Crippen LogP contribution < -0.4 is 10.6 Å². The minimum absolute atomic E-state index is 0.300. The summed E-state index contributed by atoms with van der Waals surface area (Å²) in [6.45, 7) is 1.91. The second kappa shape index (κ2) is 6.20. The van der Waals surface area contributed by atoms with Crippen LogP contribution in [0.3, 0.4) is 0 Å². The summed E-state index contributed by atoms with van der Waals surface area (Å²) in [5.74, 6) is 2.76. The number of H-pyrrole nitrogens is 1. The number of rotatable bonds is 5. The van der Waals surface area contributed by atoms with Crippen molar-refractivity contribution in [2.75, 3.05) is 29.6 Å². The Bertz CT molecular complexity index is 759. The molecular weight excluding hydrogens is 323 g/mol. The number of hydrogen-bond donors (Lipinski definition) is 3. The summed E-state index contributed by atoms with van der Waals surface area (Å²) in [6.07, 6.45) is 7.67. The number of aromatic nitrogens is 4. The first-order chi connectivity index (χ1) is 11.6. The monoisotopic (exact) mass is 346 g/mol. The van der Waals surface area contributed by atoms with Crippen molar-refractivity contribution in [3.8, 4) is 0 Å². The van der Waals surface area contributed by atoms with Crippen molar-refractivity contribution in [1.82, 2.24) is 20.2 Å². The van der Waals surface area contributed by atoms with Gasteiger partial charge in [-0.15, -0.1) is 0 Å². The number of hydrogen-bond acceptors (Lipinski definition) is 6. The molecule has 1 aliphatic carbocycles. The van der Waals surface area contributed by atoms with Crippen molar-refractivity contribution in [3.05, 3.63) is 24.0 Å². The summed E-state index contributed by atoms with van der Waals surface area (Å²) in [4.78, 5) is 8.81. The van der Waals surface area contributed by atoms with E-state index in [4.69, 9.17) is 0 Å². The first-order valence-corrected chi connectivity index (χ1v) is 11.1. The molecule has 0 atom stereocenters. The topological polar surface area (TPSA) is 95.6 Å². The predicted octanol–water partition coefficient (Wildman–Crippen LogP) is 3.39. The molecule has 1 saturated carbocycles. The highest BCUT2D eigenvalue weighted by Crippen LogP contribution is 2.46. The number of aromatic amines is 1. The average Bonchev–Trinajstić information content (AvgIpc) is 3.30. The van der Waals surface area contributed by atoms with E-state index >= 15 is 0 Å². The molecule has 2 aromatic rings. The minimum Gasteiger partial charge on any atom is -0.351 e. The van der Waals surface area contributed by atoms with Crippen molar-refractivity contribution >= 4 is 24.7 Å². The van der Waals surface area contributed by atoms with E-state index in [9.17, 15) is 4.57 Å². The Morgan fingerprint density at radius 2 is 2.00 bits per heavy atom. The minimum atomic E-state index is -1.89. The van der Waals surface area contributed by atoms with E-state index in [0.29, 0.717) is 17.9 Å². The summed E-state index contributed by atoms with van der Waals surface area (Å²) >= 11 is 0. The molecule has 2 aromatic heterocycles. The Kier molecular flexibility index (Phi) is 4.04. The van der Waals surface area contributed by atoms with Crippen molar-refractivity contribution in [3.63, 3.8) is 0 Å². The van der Waals surface area contributed by atoms with Crippen molar-refractivity contribution in [2.24, 2.45) is 0 Å². The lowest BCUT2D eigenvalue weighted by molar-refractivity contribution is 0.552. The summed E-state index contributed by atoms with van der Waals surface area (Å²) < 4.78 is 12.1. The Labute approximate surface area is 141 Å². The molecule has 4 rings (SSSR count). The van der Waals surface area contributed by atoms with Gasteiger partial charge < -0.3 is 15.2 Å². The van der Waals surface area contributed by atoms with Crippen molar-refractivity contribution < 1.29 is 4.57 Å². The van der Waals surface area contributed by atoms with Crippen LogP contribution >= 0.6 is 7.14 Å². The smallest absolute Gasteiger partial charge is 0.224 e. The molecule has 1 saturated heterocycles. The molecular formula is C16H23N6OP. The molecule has 128 valence electrons. The van der Waals surface area contributed by atoms with Gasteiger partial charge in [0.25, 0.3) is 0 Å². The first-order valence-electron chi connectivity index (χ1n) is 8.55. The Balaban J connectivity index is 1.38. The molecule has 0 radical (unpaired) electrons. The molecule has 7 nitrogen and oxygen atoms in total. The molecule has 0 unspecified atom stereocenters. The lowest BCUT2D eigenvalue weighted by Gasteiger charge is -2.27.